The number of nitrogens with zero attached hydrogens (tertiary/aromatic N) is 4. The monoisotopic (exact) mass is 332 g/mol. The maximum atomic E-state index is 12.9. The van der Waals surface area contributed by atoms with Crippen molar-refractivity contribution < 1.29 is 9.90 Å². The van der Waals surface area contributed by atoms with E-state index in [0.717, 1.165) is 23.4 Å². The van der Waals surface area contributed by atoms with Gasteiger partial charge in [-0.3, -0.25) is 4.79 Å². The molecule has 1 atom stereocenters. The van der Waals surface area contributed by atoms with E-state index < -0.39 is 0 Å². The van der Waals surface area contributed by atoms with E-state index in [4.69, 9.17) is 0 Å². The first kappa shape index (κ1) is 14.8. The van der Waals surface area contributed by atoms with Crippen molar-refractivity contribution >= 4 is 17.2 Å². The number of aryl methyl sites for hydroxylation is 1. The quantitative estimate of drug-likeness (QED) is 0.907. The predicted octanol–water partition coefficient (Wildman–Crippen LogP) is 1.61. The summed E-state index contributed by atoms with van der Waals surface area (Å²) in [6, 6.07) is 2.09. The highest BCUT2D eigenvalue weighted by Gasteiger charge is 2.28. The fourth-order valence-corrected chi connectivity index (χ4v) is 4.64. The standard InChI is InChI=1S/C16H20N4O2S/c1-10-2-3-14-11(6-10)7-15(23-14)16(22)19-4-5-20-13(8-19)12(9-21)17-18-20/h7,10,21H,2-6,8-9H2,1H3/t10-/m0/s1. The van der Waals surface area contributed by atoms with Crippen LogP contribution in [0.3, 0.4) is 0 Å². The molecular formula is C16H20N4O2S. The number of aromatic nitrogens is 3. The van der Waals surface area contributed by atoms with Crippen LogP contribution < -0.4 is 0 Å². The molecule has 2 aromatic heterocycles. The molecule has 0 saturated carbocycles. The van der Waals surface area contributed by atoms with Crippen LogP contribution >= 0.6 is 11.3 Å². The van der Waals surface area contributed by atoms with Gasteiger partial charge in [-0.1, -0.05) is 12.1 Å². The molecule has 0 unspecified atom stereocenters. The molecule has 0 fully saturated rings. The molecule has 3 heterocycles. The SMILES string of the molecule is C[C@H]1CCc2sc(C(=O)N3CCn4nnc(CO)c4C3)cc2C1. The fourth-order valence-electron chi connectivity index (χ4n) is 3.46. The van der Waals surface area contributed by atoms with Gasteiger partial charge < -0.3 is 10.0 Å². The van der Waals surface area contributed by atoms with Crippen LogP contribution in [-0.2, 0) is 32.5 Å². The number of carbonyl (C=O) groups is 1. The van der Waals surface area contributed by atoms with E-state index in [1.807, 2.05) is 4.90 Å². The van der Waals surface area contributed by atoms with E-state index in [9.17, 15) is 9.90 Å². The summed E-state index contributed by atoms with van der Waals surface area (Å²) in [5.41, 5.74) is 2.78. The number of fused-ring (bicyclic) bond motifs is 2. The average molecular weight is 332 g/mol. The second-order valence-electron chi connectivity index (χ2n) is 6.50. The Labute approximate surface area is 138 Å². The van der Waals surface area contributed by atoms with Gasteiger partial charge in [-0.05, 0) is 36.8 Å². The molecular weight excluding hydrogens is 312 g/mol. The molecule has 7 heteroatoms. The molecule has 0 saturated heterocycles. The topological polar surface area (TPSA) is 71.2 Å². The van der Waals surface area contributed by atoms with Gasteiger partial charge in [-0.2, -0.15) is 0 Å². The average Bonchev–Trinajstić information content (AvgIpc) is 3.16. The Morgan fingerprint density at radius 2 is 2.35 bits per heavy atom. The van der Waals surface area contributed by atoms with E-state index in [2.05, 4.69) is 23.3 Å². The number of thiophene rings is 1. The molecule has 0 spiro atoms. The molecule has 4 rings (SSSR count). The highest BCUT2D eigenvalue weighted by Crippen LogP contribution is 2.33. The third kappa shape index (κ3) is 2.57. The van der Waals surface area contributed by atoms with Crippen molar-refractivity contribution in [2.75, 3.05) is 6.54 Å². The Kier molecular flexibility index (Phi) is 3.69. The lowest BCUT2D eigenvalue weighted by atomic mass is 9.90. The zero-order chi connectivity index (χ0) is 16.0. The number of aliphatic hydroxyl groups is 1. The van der Waals surface area contributed by atoms with Gasteiger partial charge in [0.05, 0.1) is 30.3 Å². The molecule has 1 aliphatic heterocycles. The van der Waals surface area contributed by atoms with E-state index in [0.29, 0.717) is 31.2 Å². The van der Waals surface area contributed by atoms with Crippen molar-refractivity contribution in [2.24, 2.45) is 5.92 Å². The van der Waals surface area contributed by atoms with Gasteiger partial charge in [0, 0.05) is 11.4 Å². The Hall–Kier alpha value is -1.73. The minimum absolute atomic E-state index is 0.0911. The number of amides is 1. The third-order valence-corrected chi connectivity index (χ3v) is 6.04. The van der Waals surface area contributed by atoms with Crippen molar-refractivity contribution in [3.63, 3.8) is 0 Å². The third-order valence-electron chi connectivity index (χ3n) is 4.82. The van der Waals surface area contributed by atoms with E-state index >= 15 is 0 Å². The number of aliphatic hydroxyl groups excluding tert-OH is 1. The molecule has 0 aromatic carbocycles. The van der Waals surface area contributed by atoms with E-state index in [1.54, 1.807) is 16.0 Å². The Morgan fingerprint density at radius 1 is 1.48 bits per heavy atom. The van der Waals surface area contributed by atoms with Gasteiger partial charge in [0.15, 0.2) is 0 Å². The van der Waals surface area contributed by atoms with Crippen LogP contribution in [0.5, 0.6) is 0 Å². The molecule has 1 aliphatic carbocycles. The van der Waals surface area contributed by atoms with Crippen molar-refractivity contribution in [2.45, 2.75) is 45.9 Å². The van der Waals surface area contributed by atoms with Gasteiger partial charge >= 0.3 is 0 Å². The fraction of sp³-hybridized carbons (Fsp3) is 0.562. The van der Waals surface area contributed by atoms with Gasteiger partial charge in [0.2, 0.25) is 0 Å². The molecule has 6 nitrogen and oxygen atoms in total. The number of hydrogen-bond donors (Lipinski definition) is 1. The summed E-state index contributed by atoms with van der Waals surface area (Å²) < 4.78 is 1.79. The second-order valence-corrected chi connectivity index (χ2v) is 7.63. The predicted molar refractivity (Wildman–Crippen MR) is 86.2 cm³/mol. The summed E-state index contributed by atoms with van der Waals surface area (Å²) in [6.45, 7) is 3.88. The highest BCUT2D eigenvalue weighted by molar-refractivity contribution is 7.14. The van der Waals surface area contributed by atoms with Crippen molar-refractivity contribution in [1.29, 1.82) is 0 Å². The molecule has 23 heavy (non-hydrogen) atoms. The highest BCUT2D eigenvalue weighted by atomic mass is 32.1. The van der Waals surface area contributed by atoms with Gasteiger partial charge in [-0.25, -0.2) is 4.68 Å². The minimum Gasteiger partial charge on any atom is -0.390 e. The van der Waals surface area contributed by atoms with Gasteiger partial charge in [0.25, 0.3) is 5.91 Å². The molecule has 0 radical (unpaired) electrons. The van der Waals surface area contributed by atoms with Crippen LogP contribution in [0.4, 0.5) is 0 Å². The van der Waals surface area contributed by atoms with Gasteiger partial charge in [-0.15, -0.1) is 16.4 Å². The summed E-state index contributed by atoms with van der Waals surface area (Å²) in [7, 11) is 0. The molecule has 122 valence electrons. The lowest BCUT2D eigenvalue weighted by molar-refractivity contribution is 0.0709. The number of carbonyl (C=O) groups excluding carboxylic acids is 1. The van der Waals surface area contributed by atoms with Gasteiger partial charge in [0.1, 0.15) is 5.69 Å². The minimum atomic E-state index is -0.136. The number of rotatable bonds is 2. The van der Waals surface area contributed by atoms with Crippen molar-refractivity contribution in [3.05, 3.63) is 32.8 Å². The summed E-state index contributed by atoms with van der Waals surface area (Å²) in [6.07, 6.45) is 3.40. The van der Waals surface area contributed by atoms with Crippen LogP contribution in [0.2, 0.25) is 0 Å². The van der Waals surface area contributed by atoms with Crippen molar-refractivity contribution in [1.82, 2.24) is 19.9 Å². The van der Waals surface area contributed by atoms with Crippen LogP contribution in [0.25, 0.3) is 0 Å². The molecule has 2 aliphatic rings. The maximum Gasteiger partial charge on any atom is 0.264 e. The van der Waals surface area contributed by atoms with E-state index in [-0.39, 0.29) is 12.5 Å². The van der Waals surface area contributed by atoms with Crippen LogP contribution in [-0.4, -0.2) is 37.5 Å². The largest absolute Gasteiger partial charge is 0.390 e. The molecule has 1 amide bonds. The van der Waals surface area contributed by atoms with Crippen LogP contribution in [0.1, 0.15) is 44.8 Å². The summed E-state index contributed by atoms with van der Waals surface area (Å²) in [5, 5.41) is 17.3. The summed E-state index contributed by atoms with van der Waals surface area (Å²) in [4.78, 5) is 16.9. The molecule has 0 bridgehead atoms. The molecule has 1 N–H and O–H groups in total. The summed E-state index contributed by atoms with van der Waals surface area (Å²) >= 11 is 1.65. The zero-order valence-corrected chi connectivity index (χ0v) is 14.0. The van der Waals surface area contributed by atoms with Crippen molar-refractivity contribution in [3.8, 4) is 0 Å². The first-order chi connectivity index (χ1) is 11.2. The maximum absolute atomic E-state index is 12.9. The zero-order valence-electron chi connectivity index (χ0n) is 13.2. The first-order valence-electron chi connectivity index (χ1n) is 8.08. The lowest BCUT2D eigenvalue weighted by Gasteiger charge is -2.27. The normalized spacial score (nSPS) is 20.3. The second kappa shape index (κ2) is 5.72. The van der Waals surface area contributed by atoms with E-state index in [1.165, 1.54) is 16.9 Å². The number of hydrogen-bond acceptors (Lipinski definition) is 5. The Morgan fingerprint density at radius 3 is 3.17 bits per heavy atom. The smallest absolute Gasteiger partial charge is 0.264 e. The first-order valence-corrected chi connectivity index (χ1v) is 8.90. The Balaban J connectivity index is 1.56. The van der Waals surface area contributed by atoms with Crippen LogP contribution in [0.15, 0.2) is 6.07 Å². The van der Waals surface area contributed by atoms with Crippen LogP contribution in [0, 0.1) is 5.92 Å². The summed E-state index contributed by atoms with van der Waals surface area (Å²) in [5.74, 6) is 0.802. The molecule has 2 aromatic rings. The lowest BCUT2D eigenvalue weighted by Crippen LogP contribution is -2.38. The Bertz CT molecular complexity index is 738.